The van der Waals surface area contributed by atoms with Crippen molar-refractivity contribution < 1.29 is 17.9 Å². The van der Waals surface area contributed by atoms with Crippen molar-refractivity contribution in [2.45, 2.75) is 11.3 Å². The number of nitrogens with one attached hydrogen (secondary N) is 1. The number of sulfonamides is 1. The maximum atomic E-state index is 11.8. The van der Waals surface area contributed by atoms with Gasteiger partial charge in [-0.15, -0.1) is 0 Å². The van der Waals surface area contributed by atoms with Crippen LogP contribution in [0.2, 0.25) is 5.02 Å². The van der Waals surface area contributed by atoms with Crippen LogP contribution in [-0.4, -0.2) is 27.5 Å². The van der Waals surface area contributed by atoms with Crippen LogP contribution in [-0.2, 0) is 21.2 Å². The number of amides is 1. The van der Waals surface area contributed by atoms with Gasteiger partial charge in [-0.2, -0.15) is 0 Å². The van der Waals surface area contributed by atoms with E-state index in [1.54, 1.807) is 30.3 Å². The molecule has 9 heteroatoms. The second kappa shape index (κ2) is 8.66. The third-order valence-corrected chi connectivity index (χ3v) is 5.02. The zero-order chi connectivity index (χ0) is 18.4. The molecule has 0 aromatic heterocycles. The first-order valence-corrected chi connectivity index (χ1v) is 9.94. The van der Waals surface area contributed by atoms with Crippen molar-refractivity contribution in [1.29, 1.82) is 0 Å². The first-order chi connectivity index (χ1) is 11.8. The molecule has 134 valence electrons. The molecular formula is C16H16BrClN2O4S. The third kappa shape index (κ3) is 6.32. The SMILES string of the molecule is NS(=O)(=O)c1ccc(CCNC(=O)COc2ccc(Cl)cc2Br)cc1. The van der Waals surface area contributed by atoms with Crippen LogP contribution in [0.5, 0.6) is 5.75 Å². The Bertz CT molecular complexity index is 857. The lowest BCUT2D eigenvalue weighted by Crippen LogP contribution is -2.30. The quantitative estimate of drug-likeness (QED) is 0.681. The van der Waals surface area contributed by atoms with Crippen molar-refractivity contribution in [2.24, 2.45) is 5.14 Å². The topological polar surface area (TPSA) is 98.5 Å². The van der Waals surface area contributed by atoms with Crippen LogP contribution < -0.4 is 15.2 Å². The summed E-state index contributed by atoms with van der Waals surface area (Å²) in [6.45, 7) is 0.281. The van der Waals surface area contributed by atoms with Gasteiger partial charge in [-0.3, -0.25) is 4.79 Å². The second-order valence-corrected chi connectivity index (χ2v) is 8.00. The van der Waals surface area contributed by atoms with Gasteiger partial charge in [0.2, 0.25) is 10.0 Å². The summed E-state index contributed by atoms with van der Waals surface area (Å²) in [5.74, 6) is 0.265. The molecule has 6 nitrogen and oxygen atoms in total. The van der Waals surface area contributed by atoms with Crippen molar-refractivity contribution >= 4 is 43.5 Å². The molecule has 0 saturated carbocycles. The van der Waals surface area contributed by atoms with E-state index in [2.05, 4.69) is 21.2 Å². The Morgan fingerprint density at radius 2 is 1.88 bits per heavy atom. The van der Waals surface area contributed by atoms with Crippen molar-refractivity contribution in [3.8, 4) is 5.75 Å². The molecular weight excluding hydrogens is 432 g/mol. The molecule has 0 aliphatic heterocycles. The van der Waals surface area contributed by atoms with Crippen molar-refractivity contribution in [3.05, 3.63) is 57.5 Å². The zero-order valence-corrected chi connectivity index (χ0v) is 16.2. The van der Waals surface area contributed by atoms with Gasteiger partial charge in [0.25, 0.3) is 5.91 Å². The summed E-state index contributed by atoms with van der Waals surface area (Å²) in [7, 11) is -3.69. The van der Waals surface area contributed by atoms with E-state index in [9.17, 15) is 13.2 Å². The molecule has 25 heavy (non-hydrogen) atoms. The smallest absolute Gasteiger partial charge is 0.257 e. The van der Waals surface area contributed by atoms with E-state index in [4.69, 9.17) is 21.5 Å². The number of carbonyl (C=O) groups excluding carboxylic acids is 1. The zero-order valence-electron chi connectivity index (χ0n) is 13.0. The number of hydrogen-bond acceptors (Lipinski definition) is 4. The molecule has 0 radical (unpaired) electrons. The molecule has 2 aromatic carbocycles. The van der Waals surface area contributed by atoms with Crippen molar-refractivity contribution in [1.82, 2.24) is 5.32 Å². The maximum absolute atomic E-state index is 11.8. The highest BCUT2D eigenvalue weighted by Crippen LogP contribution is 2.27. The summed E-state index contributed by atoms with van der Waals surface area (Å²) in [5.41, 5.74) is 0.883. The molecule has 0 aliphatic rings. The highest BCUT2D eigenvalue weighted by Gasteiger charge is 2.08. The van der Waals surface area contributed by atoms with Gasteiger partial charge in [0.15, 0.2) is 6.61 Å². The van der Waals surface area contributed by atoms with Crippen LogP contribution in [0, 0.1) is 0 Å². The minimum Gasteiger partial charge on any atom is -0.483 e. The number of carbonyl (C=O) groups is 1. The summed E-state index contributed by atoms with van der Waals surface area (Å²) in [6.07, 6.45) is 0.557. The summed E-state index contributed by atoms with van der Waals surface area (Å²) in [6, 6.07) is 11.2. The molecule has 0 aliphatic carbocycles. The molecule has 0 unspecified atom stereocenters. The standard InChI is InChI=1S/C16H16BrClN2O4S/c17-14-9-12(18)3-6-15(14)24-10-16(21)20-8-7-11-1-4-13(5-2-11)25(19,22)23/h1-6,9H,7-8,10H2,(H,20,21)(H2,19,22,23). The largest absolute Gasteiger partial charge is 0.483 e. The minimum absolute atomic E-state index is 0.0576. The molecule has 0 heterocycles. The molecule has 0 bridgehead atoms. The summed E-state index contributed by atoms with van der Waals surface area (Å²) in [5, 5.41) is 8.33. The van der Waals surface area contributed by atoms with Crippen LogP contribution >= 0.6 is 27.5 Å². The van der Waals surface area contributed by atoms with Gasteiger partial charge in [0, 0.05) is 11.6 Å². The molecule has 0 atom stereocenters. The summed E-state index contributed by atoms with van der Waals surface area (Å²) < 4.78 is 28.4. The van der Waals surface area contributed by atoms with Gasteiger partial charge in [-0.05, 0) is 58.2 Å². The average molecular weight is 448 g/mol. The maximum Gasteiger partial charge on any atom is 0.257 e. The van der Waals surface area contributed by atoms with Crippen LogP contribution in [0.25, 0.3) is 0 Å². The predicted octanol–water partition coefficient (Wildman–Crippen LogP) is 2.49. The van der Waals surface area contributed by atoms with Gasteiger partial charge < -0.3 is 10.1 Å². The Hall–Kier alpha value is -1.61. The van der Waals surface area contributed by atoms with E-state index < -0.39 is 10.0 Å². The van der Waals surface area contributed by atoms with E-state index in [-0.39, 0.29) is 17.4 Å². The number of hydrogen-bond donors (Lipinski definition) is 2. The lowest BCUT2D eigenvalue weighted by atomic mass is 10.1. The lowest BCUT2D eigenvalue weighted by Gasteiger charge is -2.09. The predicted molar refractivity (Wildman–Crippen MR) is 99.2 cm³/mol. The lowest BCUT2D eigenvalue weighted by molar-refractivity contribution is -0.123. The first kappa shape index (κ1) is 19.7. The van der Waals surface area contributed by atoms with E-state index in [1.807, 2.05) is 0 Å². The van der Waals surface area contributed by atoms with E-state index >= 15 is 0 Å². The summed E-state index contributed by atoms with van der Waals surface area (Å²) in [4.78, 5) is 11.9. The molecule has 0 fully saturated rings. The van der Waals surface area contributed by atoms with E-state index in [0.29, 0.717) is 28.2 Å². The molecule has 3 N–H and O–H groups in total. The number of benzene rings is 2. The van der Waals surface area contributed by atoms with Crippen LogP contribution in [0.3, 0.4) is 0 Å². The Kier molecular flexibility index (Phi) is 6.83. The number of nitrogens with two attached hydrogens (primary N) is 1. The van der Waals surface area contributed by atoms with Crippen LogP contribution in [0.15, 0.2) is 51.8 Å². The average Bonchev–Trinajstić information content (AvgIpc) is 2.53. The third-order valence-electron chi connectivity index (χ3n) is 3.24. The molecule has 0 saturated heterocycles. The Morgan fingerprint density at radius 3 is 2.48 bits per heavy atom. The van der Waals surface area contributed by atoms with E-state index in [1.165, 1.54) is 12.1 Å². The summed E-state index contributed by atoms with van der Waals surface area (Å²) >= 11 is 9.14. The number of ether oxygens (including phenoxy) is 1. The van der Waals surface area contributed by atoms with E-state index in [0.717, 1.165) is 5.56 Å². The minimum atomic E-state index is -3.69. The van der Waals surface area contributed by atoms with Crippen LogP contribution in [0.1, 0.15) is 5.56 Å². The van der Waals surface area contributed by atoms with Gasteiger partial charge >= 0.3 is 0 Å². The Balaban J connectivity index is 1.77. The van der Waals surface area contributed by atoms with Crippen molar-refractivity contribution in [3.63, 3.8) is 0 Å². The number of rotatable bonds is 7. The molecule has 2 rings (SSSR count). The Morgan fingerprint density at radius 1 is 1.20 bits per heavy atom. The normalized spacial score (nSPS) is 11.2. The fraction of sp³-hybridized carbons (Fsp3) is 0.188. The molecule has 0 spiro atoms. The van der Waals surface area contributed by atoms with Gasteiger partial charge in [-0.1, -0.05) is 23.7 Å². The highest BCUT2D eigenvalue weighted by molar-refractivity contribution is 9.10. The second-order valence-electron chi connectivity index (χ2n) is 5.15. The number of halogens is 2. The van der Waals surface area contributed by atoms with Crippen molar-refractivity contribution in [2.75, 3.05) is 13.2 Å². The van der Waals surface area contributed by atoms with Crippen LogP contribution in [0.4, 0.5) is 0 Å². The van der Waals surface area contributed by atoms with Gasteiger partial charge in [0.1, 0.15) is 5.75 Å². The fourth-order valence-electron chi connectivity index (χ4n) is 1.98. The monoisotopic (exact) mass is 446 g/mol. The first-order valence-electron chi connectivity index (χ1n) is 7.22. The number of primary sulfonamides is 1. The highest BCUT2D eigenvalue weighted by atomic mass is 79.9. The van der Waals surface area contributed by atoms with Gasteiger partial charge in [-0.25, -0.2) is 13.6 Å². The molecule has 2 aromatic rings. The molecule has 1 amide bonds. The van der Waals surface area contributed by atoms with Gasteiger partial charge in [0.05, 0.1) is 9.37 Å². The Labute approximate surface area is 159 Å². The fourth-order valence-corrected chi connectivity index (χ4v) is 3.29.